The Morgan fingerprint density at radius 3 is 2.38 bits per heavy atom. The summed E-state index contributed by atoms with van der Waals surface area (Å²) in [5.74, 6) is 1.51. The van der Waals surface area contributed by atoms with Crippen LogP contribution in [-0.4, -0.2) is 112 Å². The first-order valence-corrected chi connectivity index (χ1v) is 19.6. The Balaban J connectivity index is 1.27. The molecule has 5 rings (SSSR count). The number of unbranched alkanes of at least 4 members (excludes halogenated alkanes) is 1. The van der Waals surface area contributed by atoms with Crippen LogP contribution in [0.1, 0.15) is 78.8 Å². The minimum Gasteiger partial charge on any atom is -0.495 e. The lowest BCUT2D eigenvalue weighted by Crippen LogP contribution is -2.46. The molecule has 14 nitrogen and oxygen atoms in total. The van der Waals surface area contributed by atoms with Crippen molar-refractivity contribution in [3.8, 4) is 11.5 Å². The summed E-state index contributed by atoms with van der Waals surface area (Å²) in [7, 11) is 5.18. The Bertz CT molecular complexity index is 2050. The number of esters is 1. The number of allylic oxidation sites excluding steroid dienone is 1. The molecule has 1 N–H and O–H groups in total. The van der Waals surface area contributed by atoms with Gasteiger partial charge in [0.2, 0.25) is 0 Å². The highest BCUT2D eigenvalue weighted by Crippen LogP contribution is 2.38. The second-order valence-corrected chi connectivity index (χ2v) is 15.5. The summed E-state index contributed by atoms with van der Waals surface area (Å²) >= 11 is 0. The van der Waals surface area contributed by atoms with Crippen molar-refractivity contribution < 1.29 is 42.9 Å². The molecule has 1 fully saturated rings. The van der Waals surface area contributed by atoms with Crippen LogP contribution in [0.3, 0.4) is 0 Å². The minimum atomic E-state index is -1.01. The van der Waals surface area contributed by atoms with Crippen LogP contribution in [0.2, 0.25) is 0 Å². The summed E-state index contributed by atoms with van der Waals surface area (Å²) in [4.78, 5) is 72.9. The number of nitrogens with zero attached hydrogens (tertiary/aromatic N) is 4. The summed E-state index contributed by atoms with van der Waals surface area (Å²) in [6.07, 6.45) is 1.43. The number of likely N-dealkylation sites (N-methyl/N-ethyl adjacent to an activating group) is 1. The number of nitrogens with one attached hydrogen (secondary N) is 1. The van der Waals surface area contributed by atoms with Crippen molar-refractivity contribution in [2.45, 2.75) is 71.9 Å². The largest absolute Gasteiger partial charge is 0.495 e. The van der Waals surface area contributed by atoms with Gasteiger partial charge in [-0.1, -0.05) is 12.1 Å². The number of amides is 3. The Morgan fingerprint density at radius 1 is 0.966 bits per heavy atom. The average Bonchev–Trinajstić information content (AvgIpc) is 3.59. The highest BCUT2D eigenvalue weighted by atomic mass is 16.6. The van der Waals surface area contributed by atoms with E-state index in [4.69, 9.17) is 18.9 Å². The second kappa shape index (κ2) is 19.1. The lowest BCUT2D eigenvalue weighted by molar-refractivity contribution is -0.144. The van der Waals surface area contributed by atoms with Crippen molar-refractivity contribution in [3.63, 3.8) is 0 Å². The van der Waals surface area contributed by atoms with E-state index < -0.39 is 29.6 Å². The maximum Gasteiger partial charge on any atom is 0.415 e. The fourth-order valence-corrected chi connectivity index (χ4v) is 7.00. The highest BCUT2D eigenvalue weighted by molar-refractivity contribution is 6.10. The zero-order valence-corrected chi connectivity index (χ0v) is 34.8. The SMILES string of the molecule is CCOC(=O)C1Cc2c(C(=O)Nc3ccc(C(=O)N(C)c4ccc(C)cc4OCCCCC(=C=O)N4CCN(C)CC4)cc3OC)cccc2N1C(=O)OC(C)(C)C. The molecular weight excluding hydrogens is 743 g/mol. The number of hydrogen-bond acceptors (Lipinski definition) is 11. The average molecular weight is 798 g/mol. The van der Waals surface area contributed by atoms with Crippen molar-refractivity contribution >= 4 is 46.9 Å². The molecule has 310 valence electrons. The summed E-state index contributed by atoms with van der Waals surface area (Å²) in [5, 5.41) is 2.88. The molecule has 0 spiro atoms. The third-order valence-corrected chi connectivity index (χ3v) is 10.1. The maximum absolute atomic E-state index is 13.9. The van der Waals surface area contributed by atoms with E-state index in [1.807, 2.05) is 25.1 Å². The van der Waals surface area contributed by atoms with Gasteiger partial charge in [-0.2, -0.15) is 0 Å². The first-order valence-electron chi connectivity index (χ1n) is 19.6. The van der Waals surface area contributed by atoms with Crippen molar-refractivity contribution in [1.29, 1.82) is 0 Å². The predicted molar refractivity (Wildman–Crippen MR) is 222 cm³/mol. The molecule has 0 saturated carbocycles. The molecule has 1 unspecified atom stereocenters. The van der Waals surface area contributed by atoms with E-state index >= 15 is 0 Å². The van der Waals surface area contributed by atoms with Gasteiger partial charge in [-0.25, -0.2) is 14.4 Å². The van der Waals surface area contributed by atoms with Gasteiger partial charge in [0.1, 0.15) is 29.1 Å². The van der Waals surface area contributed by atoms with E-state index in [2.05, 4.69) is 28.1 Å². The normalized spacial score (nSPS) is 15.2. The third-order valence-electron chi connectivity index (χ3n) is 10.1. The lowest BCUT2D eigenvalue weighted by atomic mass is 10.0. The Labute approximate surface area is 340 Å². The number of ether oxygens (including phenoxy) is 4. The van der Waals surface area contributed by atoms with Crippen LogP contribution in [-0.2, 0) is 25.5 Å². The van der Waals surface area contributed by atoms with E-state index in [1.54, 1.807) is 71.1 Å². The molecular formula is C44H55N5O9. The molecule has 58 heavy (non-hydrogen) atoms. The van der Waals surface area contributed by atoms with Gasteiger partial charge in [-0.3, -0.25) is 14.5 Å². The number of methoxy groups -OCH3 is 1. The molecule has 2 aliphatic heterocycles. The molecule has 0 aromatic heterocycles. The molecule has 0 aliphatic carbocycles. The quantitative estimate of drug-likeness (QED) is 0.112. The Morgan fingerprint density at radius 2 is 1.71 bits per heavy atom. The molecule has 1 atom stereocenters. The number of aryl methyl sites for hydroxylation is 1. The van der Waals surface area contributed by atoms with Crippen LogP contribution in [0.15, 0.2) is 60.3 Å². The second-order valence-electron chi connectivity index (χ2n) is 15.5. The van der Waals surface area contributed by atoms with Crippen molar-refractivity contribution in [1.82, 2.24) is 9.80 Å². The molecule has 3 aromatic carbocycles. The number of piperazine rings is 1. The van der Waals surface area contributed by atoms with Crippen molar-refractivity contribution in [2.75, 3.05) is 75.7 Å². The van der Waals surface area contributed by atoms with Gasteiger partial charge >= 0.3 is 12.1 Å². The molecule has 0 radical (unpaired) electrons. The predicted octanol–water partition coefficient (Wildman–Crippen LogP) is 6.27. The number of benzene rings is 3. The van der Waals surface area contributed by atoms with Gasteiger partial charge in [0.15, 0.2) is 0 Å². The van der Waals surface area contributed by atoms with Crippen LogP contribution >= 0.6 is 0 Å². The number of fused-ring (bicyclic) bond motifs is 1. The van der Waals surface area contributed by atoms with Gasteiger partial charge in [-0.05, 0) is 115 Å². The van der Waals surface area contributed by atoms with Crippen molar-refractivity contribution in [3.05, 3.63) is 82.5 Å². The first kappa shape index (κ1) is 43.3. The maximum atomic E-state index is 13.9. The summed E-state index contributed by atoms with van der Waals surface area (Å²) < 4.78 is 22.7. The smallest absolute Gasteiger partial charge is 0.415 e. The number of carbonyl (C=O) groups excluding carboxylic acids is 5. The first-order chi connectivity index (χ1) is 27.6. The van der Waals surface area contributed by atoms with Gasteiger partial charge in [0.05, 0.1) is 43.1 Å². The molecule has 2 aliphatic rings. The van der Waals surface area contributed by atoms with Gasteiger partial charge in [0.25, 0.3) is 11.8 Å². The van der Waals surface area contributed by atoms with Crippen LogP contribution in [0.4, 0.5) is 21.9 Å². The number of hydrogen-bond donors (Lipinski definition) is 1. The molecule has 1 saturated heterocycles. The number of anilines is 3. The fourth-order valence-electron chi connectivity index (χ4n) is 7.00. The Hall–Kier alpha value is -5.85. The molecule has 0 bridgehead atoms. The number of rotatable bonds is 14. The van der Waals surface area contributed by atoms with E-state index in [-0.39, 0.29) is 30.2 Å². The summed E-state index contributed by atoms with van der Waals surface area (Å²) in [6, 6.07) is 14.3. The van der Waals surface area contributed by atoms with E-state index in [0.717, 1.165) is 38.2 Å². The monoisotopic (exact) mass is 797 g/mol. The van der Waals surface area contributed by atoms with Crippen LogP contribution < -0.4 is 24.6 Å². The van der Waals surface area contributed by atoms with E-state index in [1.165, 1.54) is 16.9 Å². The molecule has 2 heterocycles. The van der Waals surface area contributed by atoms with Crippen molar-refractivity contribution in [2.24, 2.45) is 0 Å². The minimum absolute atomic E-state index is 0.0496. The van der Waals surface area contributed by atoms with Gasteiger partial charge in [0, 0.05) is 50.8 Å². The zero-order chi connectivity index (χ0) is 42.1. The summed E-state index contributed by atoms with van der Waals surface area (Å²) in [6.45, 7) is 12.8. The molecule has 3 aromatic rings. The van der Waals surface area contributed by atoms with E-state index in [0.29, 0.717) is 59.1 Å². The van der Waals surface area contributed by atoms with E-state index in [9.17, 15) is 24.0 Å². The topological polar surface area (TPSA) is 147 Å². The van der Waals surface area contributed by atoms with Crippen LogP contribution in [0.25, 0.3) is 0 Å². The lowest BCUT2D eigenvalue weighted by Gasteiger charge is -2.34. The zero-order valence-electron chi connectivity index (χ0n) is 34.8. The number of carbonyl (C=O) groups is 4. The molecule has 14 heteroatoms. The third kappa shape index (κ3) is 10.4. The van der Waals surface area contributed by atoms with Gasteiger partial charge in [-0.15, -0.1) is 0 Å². The van der Waals surface area contributed by atoms with Crippen LogP contribution in [0.5, 0.6) is 11.5 Å². The fraction of sp³-hybridized carbons (Fsp3) is 0.455. The van der Waals surface area contributed by atoms with Gasteiger partial charge < -0.3 is 39.0 Å². The molecule has 3 amide bonds. The standard InChI is InChI=1S/C44H55N5O9/c1-9-56-42(53)37-27-33-32(14-12-15-35(33)49(37)43(54)58-44(3,4)5)40(51)45-34-18-17-30(26-38(34)55-8)41(52)47(7)36-19-16-29(2)25-39(36)57-24-11-10-13-31(28-50)48-22-20-46(6)21-23-48/h12,14-19,25-26,37H,9-11,13,20-24,27H2,1-8H3,(H,45,51). The summed E-state index contributed by atoms with van der Waals surface area (Å²) in [5.41, 5.74) is 3.17. The highest BCUT2D eigenvalue weighted by Gasteiger charge is 2.43. The Kier molecular flexibility index (Phi) is 14.2. The van der Waals surface area contributed by atoms with Crippen LogP contribution in [0, 0.1) is 6.92 Å².